The molecular formula is C21H25BrO. The lowest BCUT2D eigenvalue weighted by Gasteiger charge is -2.26. The van der Waals surface area contributed by atoms with Crippen LogP contribution in [-0.4, -0.2) is 7.11 Å². The van der Waals surface area contributed by atoms with Crippen molar-refractivity contribution >= 4 is 15.9 Å². The van der Waals surface area contributed by atoms with Gasteiger partial charge >= 0.3 is 0 Å². The van der Waals surface area contributed by atoms with Crippen molar-refractivity contribution in [3.8, 4) is 5.75 Å². The first-order valence-electron chi connectivity index (χ1n) is 8.36. The van der Waals surface area contributed by atoms with E-state index in [0.717, 1.165) is 31.4 Å². The number of benzene rings is 2. The Bertz CT molecular complexity index is 725. The smallest absolute Gasteiger partial charge is 0.125 e. The van der Waals surface area contributed by atoms with Crippen molar-refractivity contribution in [2.45, 2.75) is 51.9 Å². The molecule has 2 heteroatoms. The largest absolute Gasteiger partial charge is 0.496 e. The lowest BCUT2D eigenvalue weighted by Crippen LogP contribution is -2.16. The number of fused-ring (bicyclic) bond motifs is 4. The number of rotatable bonds is 1. The topological polar surface area (TPSA) is 9.23 Å². The van der Waals surface area contributed by atoms with E-state index in [0.29, 0.717) is 0 Å². The first-order chi connectivity index (χ1) is 10.9. The zero-order valence-corrected chi connectivity index (χ0v) is 16.1. The fourth-order valence-corrected chi connectivity index (χ4v) is 4.19. The number of ether oxygens (including phenoxy) is 1. The maximum atomic E-state index is 5.88. The molecule has 0 saturated heterocycles. The van der Waals surface area contributed by atoms with Crippen molar-refractivity contribution in [2.75, 3.05) is 7.11 Å². The second-order valence-electron chi connectivity index (χ2n) is 7.46. The van der Waals surface area contributed by atoms with E-state index in [1.807, 2.05) is 7.11 Å². The van der Waals surface area contributed by atoms with Crippen molar-refractivity contribution in [1.82, 2.24) is 0 Å². The Morgan fingerprint density at radius 1 is 0.913 bits per heavy atom. The zero-order valence-electron chi connectivity index (χ0n) is 14.5. The van der Waals surface area contributed by atoms with Gasteiger partial charge in [-0.05, 0) is 65.0 Å². The quantitative estimate of drug-likeness (QED) is 0.629. The van der Waals surface area contributed by atoms with Crippen molar-refractivity contribution in [3.63, 3.8) is 0 Å². The van der Waals surface area contributed by atoms with Crippen LogP contribution in [0.15, 0.2) is 34.8 Å². The average molecular weight is 373 g/mol. The summed E-state index contributed by atoms with van der Waals surface area (Å²) in [6.45, 7) is 6.86. The Kier molecular flexibility index (Phi) is 4.55. The zero-order chi connectivity index (χ0) is 16.6. The van der Waals surface area contributed by atoms with Gasteiger partial charge in [0.15, 0.2) is 0 Å². The van der Waals surface area contributed by atoms with Crippen molar-refractivity contribution in [1.29, 1.82) is 0 Å². The molecule has 122 valence electrons. The summed E-state index contributed by atoms with van der Waals surface area (Å²) in [5, 5.41) is 0. The molecule has 0 fully saturated rings. The van der Waals surface area contributed by atoms with Gasteiger partial charge in [-0.3, -0.25) is 0 Å². The summed E-state index contributed by atoms with van der Waals surface area (Å²) in [6, 6.07) is 11.4. The third-order valence-electron chi connectivity index (χ3n) is 4.80. The minimum atomic E-state index is 0.130. The Balaban J connectivity index is 2.15. The van der Waals surface area contributed by atoms with E-state index in [1.54, 1.807) is 0 Å². The highest BCUT2D eigenvalue weighted by Crippen LogP contribution is 2.37. The van der Waals surface area contributed by atoms with E-state index in [9.17, 15) is 0 Å². The van der Waals surface area contributed by atoms with E-state index in [1.165, 1.54) is 32.3 Å². The van der Waals surface area contributed by atoms with Crippen LogP contribution in [0.3, 0.4) is 0 Å². The second-order valence-corrected chi connectivity index (χ2v) is 8.31. The molecule has 0 radical (unpaired) electrons. The fourth-order valence-electron chi connectivity index (χ4n) is 3.57. The normalized spacial score (nSPS) is 14.5. The molecule has 4 rings (SSSR count). The van der Waals surface area contributed by atoms with Gasteiger partial charge in [0.1, 0.15) is 5.75 Å². The van der Waals surface area contributed by atoms with Gasteiger partial charge in [-0.2, -0.15) is 0 Å². The molecule has 4 bridgehead atoms. The van der Waals surface area contributed by atoms with Gasteiger partial charge in [0.05, 0.1) is 7.11 Å². The summed E-state index contributed by atoms with van der Waals surface area (Å²) in [5.41, 5.74) is 7.01. The third kappa shape index (κ3) is 3.33. The summed E-state index contributed by atoms with van der Waals surface area (Å²) in [7, 11) is 1.82. The SMILES string of the molecule is COc1c2ccc(C(C)(C)C)c1CCc1ccc(c(Br)c1)CC2. The van der Waals surface area contributed by atoms with Gasteiger partial charge in [-0.1, -0.05) is 61.0 Å². The molecule has 0 unspecified atom stereocenters. The van der Waals surface area contributed by atoms with Crippen LogP contribution in [0.4, 0.5) is 0 Å². The number of halogens is 1. The van der Waals surface area contributed by atoms with E-state index < -0.39 is 0 Å². The van der Waals surface area contributed by atoms with Gasteiger partial charge in [0, 0.05) is 4.47 Å². The number of hydrogen-bond acceptors (Lipinski definition) is 1. The summed E-state index contributed by atoms with van der Waals surface area (Å²) < 4.78 is 7.11. The molecule has 0 spiro atoms. The molecule has 0 amide bonds. The molecule has 2 aliphatic carbocycles. The van der Waals surface area contributed by atoms with Crippen LogP contribution >= 0.6 is 15.9 Å². The number of aryl methyl sites for hydroxylation is 3. The molecule has 2 aromatic rings. The maximum absolute atomic E-state index is 5.88. The Morgan fingerprint density at radius 2 is 1.61 bits per heavy atom. The second kappa shape index (κ2) is 6.32. The van der Waals surface area contributed by atoms with E-state index >= 15 is 0 Å². The third-order valence-corrected chi connectivity index (χ3v) is 5.54. The lowest BCUT2D eigenvalue weighted by molar-refractivity contribution is 0.401. The van der Waals surface area contributed by atoms with Gasteiger partial charge in [0.25, 0.3) is 0 Å². The van der Waals surface area contributed by atoms with Crippen LogP contribution in [-0.2, 0) is 31.1 Å². The molecule has 0 atom stereocenters. The highest BCUT2D eigenvalue weighted by molar-refractivity contribution is 9.10. The molecule has 0 heterocycles. The van der Waals surface area contributed by atoms with E-state index in [-0.39, 0.29) is 5.41 Å². The number of methoxy groups -OCH3 is 1. The molecule has 0 N–H and O–H groups in total. The highest BCUT2D eigenvalue weighted by Gasteiger charge is 2.23. The van der Waals surface area contributed by atoms with Crippen LogP contribution < -0.4 is 4.74 Å². The maximum Gasteiger partial charge on any atom is 0.125 e. The molecular weight excluding hydrogens is 348 g/mol. The molecule has 0 aliphatic heterocycles. The highest BCUT2D eigenvalue weighted by atomic mass is 79.9. The van der Waals surface area contributed by atoms with Gasteiger partial charge in [-0.25, -0.2) is 0 Å². The van der Waals surface area contributed by atoms with Gasteiger partial charge in [-0.15, -0.1) is 0 Å². The predicted molar refractivity (Wildman–Crippen MR) is 101 cm³/mol. The summed E-state index contributed by atoms with van der Waals surface area (Å²) in [4.78, 5) is 0. The lowest BCUT2D eigenvalue weighted by atomic mass is 9.81. The van der Waals surface area contributed by atoms with Crippen LogP contribution in [0.25, 0.3) is 0 Å². The first-order valence-corrected chi connectivity index (χ1v) is 9.16. The van der Waals surface area contributed by atoms with Crippen LogP contribution in [0.5, 0.6) is 5.75 Å². The first kappa shape index (κ1) is 16.6. The molecule has 0 saturated carbocycles. The van der Waals surface area contributed by atoms with E-state index in [4.69, 9.17) is 4.74 Å². The summed E-state index contributed by atoms with van der Waals surface area (Å²) >= 11 is 3.74. The minimum absolute atomic E-state index is 0.130. The van der Waals surface area contributed by atoms with Crippen molar-refractivity contribution in [3.05, 3.63) is 62.6 Å². The molecule has 1 nitrogen and oxygen atoms in total. The van der Waals surface area contributed by atoms with Gasteiger partial charge < -0.3 is 4.74 Å². The standard InChI is InChI=1S/C21H25BrO/c1-21(2,3)18-12-10-16-9-8-15-7-5-14(13-19(15)22)6-11-17(18)20(16)23-4/h5,7,10,12-13H,6,8-9,11H2,1-4H3. The van der Waals surface area contributed by atoms with Crippen LogP contribution in [0.2, 0.25) is 0 Å². The molecule has 23 heavy (non-hydrogen) atoms. The van der Waals surface area contributed by atoms with Crippen LogP contribution in [0.1, 0.15) is 48.6 Å². The molecule has 2 aromatic carbocycles. The van der Waals surface area contributed by atoms with Crippen LogP contribution in [0, 0.1) is 0 Å². The van der Waals surface area contributed by atoms with Gasteiger partial charge in [0.2, 0.25) is 0 Å². The molecule has 2 aliphatic rings. The Labute approximate surface area is 148 Å². The Hall–Kier alpha value is -1.28. The van der Waals surface area contributed by atoms with Crippen molar-refractivity contribution in [2.24, 2.45) is 0 Å². The summed E-state index contributed by atoms with van der Waals surface area (Å²) in [6.07, 6.45) is 4.11. The monoisotopic (exact) mass is 372 g/mol. The minimum Gasteiger partial charge on any atom is -0.496 e. The van der Waals surface area contributed by atoms with E-state index in [2.05, 4.69) is 67.0 Å². The predicted octanol–water partition coefficient (Wildman–Crippen LogP) is 5.64. The van der Waals surface area contributed by atoms with Crippen molar-refractivity contribution < 1.29 is 4.74 Å². The fraction of sp³-hybridized carbons (Fsp3) is 0.429. The number of hydrogen-bond donors (Lipinski definition) is 0. The Morgan fingerprint density at radius 3 is 2.26 bits per heavy atom. The summed E-state index contributed by atoms with van der Waals surface area (Å²) in [5.74, 6) is 1.11. The molecule has 0 aromatic heterocycles. The average Bonchev–Trinajstić information content (AvgIpc) is 2.52.